The number of amides is 1. The van der Waals surface area contributed by atoms with Gasteiger partial charge in [0.1, 0.15) is 24.7 Å². The van der Waals surface area contributed by atoms with Crippen LogP contribution in [0.1, 0.15) is 79.8 Å². The number of benzene rings is 4. The van der Waals surface area contributed by atoms with Crippen molar-refractivity contribution in [1.29, 1.82) is 0 Å². The minimum atomic E-state index is -0.972. The topological polar surface area (TPSA) is 204 Å². The van der Waals surface area contributed by atoms with Gasteiger partial charge in [0.25, 0.3) is 5.91 Å². The van der Waals surface area contributed by atoms with E-state index in [0.717, 1.165) is 81.9 Å². The highest BCUT2D eigenvalue weighted by Gasteiger charge is 2.32. The van der Waals surface area contributed by atoms with Crippen LogP contribution in [0.5, 0.6) is 23.3 Å². The fourth-order valence-corrected chi connectivity index (χ4v) is 7.47. The predicted molar refractivity (Wildman–Crippen MR) is 256 cm³/mol. The van der Waals surface area contributed by atoms with Gasteiger partial charge >= 0.3 is 5.97 Å². The van der Waals surface area contributed by atoms with Crippen LogP contribution in [0, 0.1) is 27.7 Å². The normalized spacial score (nSPS) is 13.1. The van der Waals surface area contributed by atoms with Crippen molar-refractivity contribution in [3.63, 3.8) is 0 Å². The maximum Gasteiger partial charge on any atom is 0.335 e. The molecule has 2 saturated heterocycles. The molecule has 6 aromatic rings. The van der Waals surface area contributed by atoms with Gasteiger partial charge in [-0.2, -0.15) is 0 Å². The van der Waals surface area contributed by atoms with Crippen molar-refractivity contribution in [2.45, 2.75) is 53.4 Å². The molecule has 2 aliphatic heterocycles. The molecule has 0 saturated carbocycles. The number of carboxylic acids is 1. The van der Waals surface area contributed by atoms with Crippen molar-refractivity contribution < 1.29 is 43.9 Å². The molecule has 0 unspecified atom stereocenters. The lowest BCUT2D eigenvalue weighted by Crippen LogP contribution is -2.48. The summed E-state index contributed by atoms with van der Waals surface area (Å²) in [6.45, 7) is 16.9. The van der Waals surface area contributed by atoms with Crippen LogP contribution in [0.2, 0.25) is 0 Å². The number of nitrogens with zero attached hydrogens (tertiary/aromatic N) is 3. The first kappa shape index (κ1) is 50.6. The summed E-state index contributed by atoms with van der Waals surface area (Å²) in [6.07, 6.45) is 0. The molecule has 2 aromatic heterocycles. The summed E-state index contributed by atoms with van der Waals surface area (Å²) < 4.78 is 21.6. The van der Waals surface area contributed by atoms with Crippen molar-refractivity contribution in [2.24, 2.45) is 0 Å². The number of likely N-dealkylation sites (tertiary alicyclic amines) is 1. The van der Waals surface area contributed by atoms with Gasteiger partial charge in [-0.1, -0.05) is 36.4 Å². The SMILES string of the molecule is CCOc1ccc(C2CN(C(=O)c3ccc(C)c(-c4[nH]nc(OCCO)c4C)c3)C2)cc1.CCOc1ccc(C2CNC2)cc1.Cc1ccc(C(=O)O)cc1-c1[nH]nc(OCCO)c1C.Cl. The monoisotopic (exact) mass is 924 g/mol. The molecule has 2 aliphatic rings. The number of halogens is 1. The second-order valence-electron chi connectivity index (χ2n) is 15.8. The van der Waals surface area contributed by atoms with Gasteiger partial charge in [-0.05, 0) is 112 Å². The third-order valence-electron chi connectivity index (χ3n) is 11.4. The Morgan fingerprint density at radius 1 is 0.636 bits per heavy atom. The van der Waals surface area contributed by atoms with E-state index >= 15 is 0 Å². The van der Waals surface area contributed by atoms with Crippen molar-refractivity contribution in [3.05, 3.63) is 129 Å². The number of carbonyl (C=O) groups is 2. The molecule has 0 aliphatic carbocycles. The molecular weight excluding hydrogens is 864 g/mol. The van der Waals surface area contributed by atoms with Gasteiger partial charge < -0.3 is 44.5 Å². The number of aromatic carboxylic acids is 1. The summed E-state index contributed by atoms with van der Waals surface area (Å²) in [5, 5.41) is 44.2. The number of aryl methyl sites for hydroxylation is 2. The highest BCUT2D eigenvalue weighted by atomic mass is 35.5. The van der Waals surface area contributed by atoms with Crippen molar-refractivity contribution in [3.8, 4) is 45.8 Å². The first-order valence-corrected chi connectivity index (χ1v) is 21.9. The van der Waals surface area contributed by atoms with Crippen LogP contribution in [0.15, 0.2) is 84.9 Å². The van der Waals surface area contributed by atoms with Crippen LogP contribution >= 0.6 is 12.4 Å². The first-order chi connectivity index (χ1) is 31.5. The number of rotatable bonds is 16. The van der Waals surface area contributed by atoms with Crippen LogP contribution in [-0.2, 0) is 0 Å². The van der Waals surface area contributed by atoms with Gasteiger partial charge in [0.15, 0.2) is 0 Å². The third kappa shape index (κ3) is 12.5. The molecule has 66 heavy (non-hydrogen) atoms. The maximum absolute atomic E-state index is 13.1. The minimum absolute atomic E-state index is 0. The molecule has 1 amide bonds. The number of carboxylic acid groups (broad SMARTS) is 1. The molecule has 0 radical (unpaired) electrons. The Morgan fingerprint density at radius 2 is 1.08 bits per heavy atom. The van der Waals surface area contributed by atoms with Gasteiger partial charge in [0.05, 0.1) is 43.4 Å². The Morgan fingerprint density at radius 3 is 1.48 bits per heavy atom. The number of carbonyl (C=O) groups excluding carboxylic acids is 1. The molecule has 8 rings (SSSR count). The molecule has 0 bridgehead atoms. The average Bonchev–Trinajstić information content (AvgIpc) is 3.83. The number of aliphatic hydroxyl groups is 2. The predicted octanol–water partition coefficient (Wildman–Crippen LogP) is 7.66. The lowest BCUT2D eigenvalue weighted by Gasteiger charge is -2.39. The summed E-state index contributed by atoms with van der Waals surface area (Å²) in [4.78, 5) is 26.0. The van der Waals surface area contributed by atoms with Gasteiger partial charge in [0.2, 0.25) is 11.8 Å². The molecular formula is C50H61ClN6O9. The van der Waals surface area contributed by atoms with Crippen LogP contribution < -0.4 is 24.3 Å². The number of ether oxygens (including phenoxy) is 4. The molecule has 2 fully saturated rings. The lowest BCUT2D eigenvalue weighted by atomic mass is 9.90. The fourth-order valence-electron chi connectivity index (χ4n) is 7.47. The fraction of sp³-hybridized carbons (Fsp3) is 0.360. The Kier molecular flexibility index (Phi) is 18.6. The summed E-state index contributed by atoms with van der Waals surface area (Å²) in [5.41, 5.74) is 10.4. The zero-order chi connectivity index (χ0) is 46.5. The Hall–Kier alpha value is -6.39. The second kappa shape index (κ2) is 24.2. The van der Waals surface area contributed by atoms with E-state index in [9.17, 15) is 9.59 Å². The van der Waals surface area contributed by atoms with E-state index in [1.807, 2.05) is 76.8 Å². The Bertz CT molecular complexity index is 2500. The first-order valence-electron chi connectivity index (χ1n) is 21.9. The molecule has 0 atom stereocenters. The van der Waals surface area contributed by atoms with E-state index in [2.05, 4.69) is 62.1 Å². The van der Waals surface area contributed by atoms with E-state index in [1.165, 1.54) is 11.1 Å². The molecule has 15 nitrogen and oxygen atoms in total. The van der Waals surface area contributed by atoms with E-state index < -0.39 is 5.97 Å². The Balaban J connectivity index is 0.000000204. The van der Waals surface area contributed by atoms with E-state index in [4.69, 9.17) is 34.3 Å². The standard InChI is InChI=1S/C25H29N3O4.C14H16N2O4.C11H15NO.ClH/c1-4-31-21-9-7-18(8-10-21)20-14-28(15-20)25(30)19-6-5-16(2)22(13-19)23-17(3)24(27-26-23)32-12-11-29;1-8-3-4-10(14(18)19)7-11(8)12-9(2)13(16-15-12)20-6-5-17;1-2-13-11-5-3-9(4-6-11)10-7-12-8-10;/h5-10,13,20,29H,4,11-12,14-15H2,1-3H3,(H,26,27);3-4,7,17H,5-6H2,1-2H3,(H,15,16)(H,18,19);3-6,10,12H,2,7-8H2,1H3;1H. The molecule has 0 spiro atoms. The zero-order valence-electron chi connectivity index (χ0n) is 38.3. The summed E-state index contributed by atoms with van der Waals surface area (Å²) >= 11 is 0. The van der Waals surface area contributed by atoms with Gasteiger partial charge in [0, 0.05) is 65.8 Å². The summed E-state index contributed by atoms with van der Waals surface area (Å²) in [5.74, 6) is 2.84. The number of aromatic nitrogens is 4. The molecule has 352 valence electrons. The number of nitrogens with one attached hydrogen (secondary N) is 3. The molecule has 4 heterocycles. The number of H-pyrrole nitrogens is 2. The number of hydrogen-bond acceptors (Lipinski definition) is 11. The third-order valence-corrected chi connectivity index (χ3v) is 11.4. The number of aliphatic hydroxyl groups excluding tert-OH is 2. The highest BCUT2D eigenvalue weighted by molar-refractivity contribution is 5.96. The molecule has 6 N–H and O–H groups in total. The van der Waals surface area contributed by atoms with Crippen molar-refractivity contribution in [1.82, 2.24) is 30.6 Å². The largest absolute Gasteiger partial charge is 0.494 e. The van der Waals surface area contributed by atoms with Crippen LogP contribution in [-0.4, -0.2) is 118 Å². The highest BCUT2D eigenvalue weighted by Crippen LogP contribution is 2.34. The van der Waals surface area contributed by atoms with Crippen LogP contribution in [0.25, 0.3) is 22.5 Å². The van der Waals surface area contributed by atoms with Crippen LogP contribution in [0.4, 0.5) is 0 Å². The minimum Gasteiger partial charge on any atom is -0.494 e. The number of aromatic amines is 2. The number of hydrogen-bond donors (Lipinski definition) is 6. The van der Waals surface area contributed by atoms with Gasteiger partial charge in [-0.3, -0.25) is 15.0 Å². The zero-order valence-corrected chi connectivity index (χ0v) is 39.2. The maximum atomic E-state index is 13.1. The molecule has 16 heteroatoms. The summed E-state index contributed by atoms with van der Waals surface area (Å²) in [7, 11) is 0. The van der Waals surface area contributed by atoms with Crippen LogP contribution in [0.3, 0.4) is 0 Å². The smallest absolute Gasteiger partial charge is 0.335 e. The lowest BCUT2D eigenvalue weighted by molar-refractivity contribution is 0.0601. The quantitative estimate of drug-likeness (QED) is 0.0554. The second-order valence-corrected chi connectivity index (χ2v) is 15.8. The van der Waals surface area contributed by atoms with E-state index in [-0.39, 0.29) is 50.3 Å². The molecule has 4 aromatic carbocycles. The summed E-state index contributed by atoms with van der Waals surface area (Å²) in [6, 6.07) is 27.2. The average molecular weight is 926 g/mol. The van der Waals surface area contributed by atoms with Gasteiger partial charge in [-0.25, -0.2) is 4.79 Å². The van der Waals surface area contributed by atoms with Gasteiger partial charge in [-0.15, -0.1) is 22.6 Å². The van der Waals surface area contributed by atoms with E-state index in [0.29, 0.717) is 42.9 Å². The Labute approximate surface area is 391 Å². The van der Waals surface area contributed by atoms with Crippen molar-refractivity contribution in [2.75, 3.05) is 65.8 Å². The van der Waals surface area contributed by atoms with Crippen molar-refractivity contribution >= 4 is 24.3 Å². The van der Waals surface area contributed by atoms with E-state index in [1.54, 1.807) is 18.2 Å².